The van der Waals surface area contributed by atoms with Gasteiger partial charge in [-0.1, -0.05) is 6.08 Å². The van der Waals surface area contributed by atoms with Gasteiger partial charge in [0.25, 0.3) is 0 Å². The van der Waals surface area contributed by atoms with E-state index in [1.54, 1.807) is 19.2 Å². The fraction of sp³-hybridized carbons (Fsp3) is 0.357. The molecule has 0 aliphatic rings. The van der Waals surface area contributed by atoms with Crippen LogP contribution in [0.3, 0.4) is 0 Å². The average molecular weight is 284 g/mol. The molecule has 1 aromatic carbocycles. The third-order valence-electron chi connectivity index (χ3n) is 2.76. The second-order valence-electron chi connectivity index (χ2n) is 4.18. The van der Waals surface area contributed by atoms with Crippen LogP contribution in [0.15, 0.2) is 24.8 Å². The number of carbonyl (C=O) groups is 1. The van der Waals surface area contributed by atoms with E-state index in [0.29, 0.717) is 18.7 Å². The Morgan fingerprint density at radius 1 is 1.58 bits per heavy atom. The van der Waals surface area contributed by atoms with Gasteiger partial charge in [-0.2, -0.15) is 0 Å². The van der Waals surface area contributed by atoms with E-state index < -0.39 is 0 Å². The van der Waals surface area contributed by atoms with Crippen LogP contribution in [0, 0.1) is 0 Å². The van der Waals surface area contributed by atoms with Gasteiger partial charge in [0.1, 0.15) is 5.88 Å². The molecular weight excluding hydrogens is 266 g/mol. The van der Waals surface area contributed by atoms with E-state index in [0.717, 1.165) is 11.1 Å². The van der Waals surface area contributed by atoms with Crippen molar-refractivity contribution in [1.29, 1.82) is 0 Å². The normalized spacial score (nSPS) is 10.1. The van der Waals surface area contributed by atoms with Gasteiger partial charge in [0, 0.05) is 19.2 Å². The number of hydrogen-bond donors (Lipinski definition) is 1. The lowest BCUT2D eigenvalue weighted by molar-refractivity contribution is -0.127. The summed E-state index contributed by atoms with van der Waals surface area (Å²) in [4.78, 5) is 13.0. The van der Waals surface area contributed by atoms with Crippen molar-refractivity contribution in [2.75, 3.05) is 20.0 Å². The third kappa shape index (κ3) is 3.89. The molecule has 0 atom stereocenters. The number of phenolic OH excluding ortho intramolecular Hbond substituents is 1. The van der Waals surface area contributed by atoms with Crippen LogP contribution in [-0.4, -0.2) is 36.0 Å². The minimum Gasteiger partial charge on any atom is -0.504 e. The van der Waals surface area contributed by atoms with Crippen molar-refractivity contribution in [2.45, 2.75) is 13.0 Å². The summed E-state index contributed by atoms with van der Waals surface area (Å²) in [7, 11) is 3.17. The lowest BCUT2D eigenvalue weighted by atomic mass is 10.1. The maximum Gasteiger partial charge on any atom is 0.237 e. The number of alkyl halides is 1. The van der Waals surface area contributed by atoms with Gasteiger partial charge >= 0.3 is 0 Å². The average Bonchev–Trinajstić information content (AvgIpc) is 2.41. The first kappa shape index (κ1) is 15.4. The second kappa shape index (κ2) is 7.04. The zero-order chi connectivity index (χ0) is 14.4. The number of rotatable bonds is 6. The Balaban J connectivity index is 3.04. The molecule has 1 aromatic rings. The molecule has 5 heteroatoms. The number of hydrogen-bond acceptors (Lipinski definition) is 3. The lowest BCUT2D eigenvalue weighted by Crippen LogP contribution is -2.27. The van der Waals surface area contributed by atoms with Crippen LogP contribution in [0.4, 0.5) is 0 Å². The van der Waals surface area contributed by atoms with Crippen LogP contribution < -0.4 is 4.74 Å². The predicted octanol–water partition coefficient (Wildman–Crippen LogP) is 2.33. The Bertz CT molecular complexity index is 474. The van der Waals surface area contributed by atoms with Crippen molar-refractivity contribution < 1.29 is 14.6 Å². The minimum absolute atomic E-state index is 0.0504. The summed E-state index contributed by atoms with van der Waals surface area (Å²) in [5.41, 5.74) is 1.59. The Labute approximate surface area is 118 Å². The van der Waals surface area contributed by atoms with Gasteiger partial charge in [0.2, 0.25) is 5.91 Å². The summed E-state index contributed by atoms with van der Waals surface area (Å²) in [5.74, 6) is 0.295. The van der Waals surface area contributed by atoms with E-state index in [-0.39, 0.29) is 17.5 Å². The molecule has 0 unspecified atom stereocenters. The molecular formula is C14H18ClNO3. The van der Waals surface area contributed by atoms with Crippen LogP contribution in [-0.2, 0) is 17.8 Å². The highest BCUT2D eigenvalue weighted by molar-refractivity contribution is 6.27. The zero-order valence-corrected chi connectivity index (χ0v) is 11.9. The van der Waals surface area contributed by atoms with Crippen molar-refractivity contribution in [2.24, 2.45) is 0 Å². The quantitative estimate of drug-likeness (QED) is 0.644. The van der Waals surface area contributed by atoms with E-state index in [1.165, 1.54) is 12.0 Å². The molecule has 0 spiro atoms. The molecule has 0 radical (unpaired) electrons. The highest BCUT2D eigenvalue weighted by atomic mass is 35.5. The van der Waals surface area contributed by atoms with E-state index >= 15 is 0 Å². The van der Waals surface area contributed by atoms with Crippen molar-refractivity contribution in [1.82, 2.24) is 4.90 Å². The molecule has 1 rings (SSSR count). The fourth-order valence-corrected chi connectivity index (χ4v) is 1.95. The number of allylic oxidation sites excluding steroid dienone is 1. The lowest BCUT2D eigenvalue weighted by Gasteiger charge is -2.18. The first-order valence-electron chi connectivity index (χ1n) is 5.83. The van der Waals surface area contributed by atoms with Crippen LogP contribution >= 0.6 is 11.6 Å². The van der Waals surface area contributed by atoms with Gasteiger partial charge in [-0.3, -0.25) is 4.79 Å². The Kier molecular flexibility index (Phi) is 5.70. The minimum atomic E-state index is -0.154. The summed E-state index contributed by atoms with van der Waals surface area (Å²) < 4.78 is 5.13. The van der Waals surface area contributed by atoms with Gasteiger partial charge in [-0.25, -0.2) is 0 Å². The number of amides is 1. The molecule has 19 heavy (non-hydrogen) atoms. The largest absolute Gasteiger partial charge is 0.504 e. The summed E-state index contributed by atoms with van der Waals surface area (Å²) >= 11 is 5.51. The molecule has 0 bridgehead atoms. The van der Waals surface area contributed by atoms with Crippen LogP contribution in [0.25, 0.3) is 0 Å². The van der Waals surface area contributed by atoms with Crippen LogP contribution in [0.2, 0.25) is 0 Å². The highest BCUT2D eigenvalue weighted by Crippen LogP contribution is 2.32. The van der Waals surface area contributed by atoms with Gasteiger partial charge in [0.15, 0.2) is 11.5 Å². The SMILES string of the molecule is C=CCc1cc(CN(C)C(=O)CCl)cc(OC)c1O. The maximum absolute atomic E-state index is 11.4. The number of ether oxygens (including phenoxy) is 1. The predicted molar refractivity (Wildman–Crippen MR) is 75.8 cm³/mol. The topological polar surface area (TPSA) is 49.8 Å². The van der Waals surface area contributed by atoms with E-state index in [4.69, 9.17) is 16.3 Å². The van der Waals surface area contributed by atoms with Crippen molar-refractivity contribution in [3.8, 4) is 11.5 Å². The first-order valence-corrected chi connectivity index (χ1v) is 6.36. The van der Waals surface area contributed by atoms with Gasteiger partial charge in [0.05, 0.1) is 7.11 Å². The molecule has 4 nitrogen and oxygen atoms in total. The van der Waals surface area contributed by atoms with Crippen molar-refractivity contribution in [3.63, 3.8) is 0 Å². The number of aromatic hydroxyl groups is 1. The smallest absolute Gasteiger partial charge is 0.237 e. The number of methoxy groups -OCH3 is 1. The molecule has 0 aromatic heterocycles. The number of halogens is 1. The first-order chi connectivity index (χ1) is 9.03. The van der Waals surface area contributed by atoms with E-state index in [9.17, 15) is 9.90 Å². The van der Waals surface area contributed by atoms with Crippen molar-refractivity contribution >= 4 is 17.5 Å². The summed E-state index contributed by atoms with van der Waals surface area (Å²) in [6.07, 6.45) is 2.23. The number of phenols is 1. The van der Waals surface area contributed by atoms with Gasteiger partial charge in [-0.05, 0) is 24.1 Å². The summed E-state index contributed by atoms with van der Waals surface area (Å²) in [5, 5.41) is 9.96. The molecule has 0 aliphatic carbocycles. The van der Waals surface area contributed by atoms with Crippen LogP contribution in [0.5, 0.6) is 11.5 Å². The Morgan fingerprint density at radius 2 is 2.26 bits per heavy atom. The molecule has 104 valence electrons. The maximum atomic E-state index is 11.4. The fourth-order valence-electron chi connectivity index (χ4n) is 1.75. The second-order valence-corrected chi connectivity index (χ2v) is 4.45. The zero-order valence-electron chi connectivity index (χ0n) is 11.1. The molecule has 0 saturated carbocycles. The molecule has 0 fully saturated rings. The third-order valence-corrected chi connectivity index (χ3v) is 2.99. The number of benzene rings is 1. The Hall–Kier alpha value is -1.68. The molecule has 0 heterocycles. The molecule has 1 N–H and O–H groups in total. The van der Waals surface area contributed by atoms with Gasteiger partial charge < -0.3 is 14.7 Å². The van der Waals surface area contributed by atoms with E-state index in [1.807, 2.05) is 6.07 Å². The monoisotopic (exact) mass is 283 g/mol. The summed E-state index contributed by atoms with van der Waals surface area (Å²) in [6.45, 7) is 4.06. The van der Waals surface area contributed by atoms with Crippen LogP contribution in [0.1, 0.15) is 11.1 Å². The molecule has 0 saturated heterocycles. The number of nitrogens with zero attached hydrogens (tertiary/aromatic N) is 1. The highest BCUT2D eigenvalue weighted by Gasteiger charge is 2.13. The molecule has 0 aliphatic heterocycles. The van der Waals surface area contributed by atoms with E-state index in [2.05, 4.69) is 6.58 Å². The standard InChI is InChI=1S/C14H18ClNO3/c1-4-5-11-6-10(7-12(19-3)14(11)18)9-16(2)13(17)8-15/h4,6-7,18H,1,5,8-9H2,2-3H3. The Morgan fingerprint density at radius 3 is 2.79 bits per heavy atom. The number of carbonyl (C=O) groups excluding carboxylic acids is 1. The van der Waals surface area contributed by atoms with Gasteiger partial charge in [-0.15, -0.1) is 18.2 Å². The summed E-state index contributed by atoms with van der Waals surface area (Å²) in [6, 6.07) is 3.54. The molecule has 1 amide bonds. The van der Waals surface area contributed by atoms with Crippen molar-refractivity contribution in [3.05, 3.63) is 35.9 Å².